The lowest BCUT2D eigenvalue weighted by molar-refractivity contribution is -0.131. The maximum absolute atomic E-state index is 11.9. The van der Waals surface area contributed by atoms with Crippen LogP contribution in [0.5, 0.6) is 0 Å². The predicted octanol–water partition coefficient (Wildman–Crippen LogP) is 2.88. The van der Waals surface area contributed by atoms with E-state index in [9.17, 15) is 14.7 Å². The zero-order chi connectivity index (χ0) is 17.0. The molecule has 0 bridgehead atoms. The zero-order valence-electron chi connectivity index (χ0n) is 13.3. The van der Waals surface area contributed by atoms with Crippen LogP contribution in [-0.2, 0) is 15.1 Å². The van der Waals surface area contributed by atoms with Crippen molar-refractivity contribution in [2.45, 2.75) is 45.3 Å². The van der Waals surface area contributed by atoms with Crippen LogP contribution in [0.2, 0.25) is 0 Å². The molecule has 1 rings (SSSR count). The van der Waals surface area contributed by atoms with Crippen LogP contribution in [0.1, 0.15) is 50.0 Å². The Kier molecular flexibility index (Phi) is 5.49. The number of carboxylic acids is 1. The largest absolute Gasteiger partial charge is 0.478 e. The van der Waals surface area contributed by atoms with E-state index >= 15 is 0 Å². The lowest BCUT2D eigenvalue weighted by Gasteiger charge is -2.23. The van der Waals surface area contributed by atoms with Gasteiger partial charge < -0.3 is 14.9 Å². The number of carboxylic acid groups (broad SMARTS) is 1. The first-order valence-electron chi connectivity index (χ1n) is 6.97. The van der Waals surface area contributed by atoms with E-state index < -0.39 is 23.1 Å². The molecule has 0 aliphatic rings. The van der Waals surface area contributed by atoms with Gasteiger partial charge >= 0.3 is 11.9 Å². The third kappa shape index (κ3) is 5.69. The van der Waals surface area contributed by atoms with Crippen LogP contribution in [0.15, 0.2) is 36.4 Å². The van der Waals surface area contributed by atoms with Crippen molar-refractivity contribution >= 4 is 11.9 Å². The highest BCUT2D eigenvalue weighted by atomic mass is 16.6. The summed E-state index contributed by atoms with van der Waals surface area (Å²) in [7, 11) is 0. The highest BCUT2D eigenvalue weighted by Crippen LogP contribution is 2.25. The minimum absolute atomic E-state index is 0.158. The number of hydrogen-bond acceptors (Lipinski definition) is 4. The molecule has 0 heterocycles. The normalized spacial score (nSPS) is 14.6. The Hall–Kier alpha value is -2.14. The minimum atomic E-state index is -1.21. The van der Waals surface area contributed by atoms with Crippen LogP contribution < -0.4 is 0 Å². The number of benzene rings is 1. The van der Waals surface area contributed by atoms with Crippen LogP contribution in [0.4, 0.5) is 0 Å². The van der Waals surface area contributed by atoms with E-state index in [4.69, 9.17) is 9.84 Å². The van der Waals surface area contributed by atoms with Gasteiger partial charge in [-0.1, -0.05) is 18.2 Å². The number of carbonyl (C=O) groups is 2. The monoisotopic (exact) mass is 306 g/mol. The Morgan fingerprint density at radius 3 is 2.14 bits per heavy atom. The number of esters is 1. The maximum atomic E-state index is 11.9. The van der Waals surface area contributed by atoms with E-state index in [2.05, 4.69) is 0 Å². The fourth-order valence-corrected chi connectivity index (χ4v) is 1.81. The first-order valence-corrected chi connectivity index (χ1v) is 6.97. The summed E-state index contributed by atoms with van der Waals surface area (Å²) < 4.78 is 5.26. The van der Waals surface area contributed by atoms with Crippen LogP contribution in [-0.4, -0.2) is 27.8 Å². The summed E-state index contributed by atoms with van der Waals surface area (Å²) in [6, 6.07) is 6.43. The van der Waals surface area contributed by atoms with Crippen molar-refractivity contribution in [2.24, 2.45) is 0 Å². The van der Waals surface area contributed by atoms with Crippen molar-refractivity contribution < 1.29 is 24.5 Å². The Morgan fingerprint density at radius 2 is 1.68 bits per heavy atom. The van der Waals surface area contributed by atoms with Gasteiger partial charge in [-0.05, 0) is 51.8 Å². The average Bonchev–Trinajstić information content (AvgIpc) is 2.36. The van der Waals surface area contributed by atoms with E-state index in [-0.39, 0.29) is 6.42 Å². The van der Waals surface area contributed by atoms with E-state index in [1.54, 1.807) is 52.0 Å². The molecule has 0 fully saturated rings. The molecule has 0 aliphatic carbocycles. The van der Waals surface area contributed by atoms with Crippen molar-refractivity contribution in [3.8, 4) is 0 Å². The van der Waals surface area contributed by atoms with E-state index in [0.717, 1.165) is 6.08 Å². The summed E-state index contributed by atoms with van der Waals surface area (Å²) >= 11 is 0. The van der Waals surface area contributed by atoms with Crippen LogP contribution in [0.3, 0.4) is 0 Å². The molecule has 1 unspecified atom stereocenters. The maximum Gasteiger partial charge on any atom is 0.338 e. The first-order chi connectivity index (χ1) is 10.0. The van der Waals surface area contributed by atoms with Crippen molar-refractivity contribution in [3.05, 3.63) is 47.5 Å². The molecule has 0 saturated heterocycles. The van der Waals surface area contributed by atoms with Gasteiger partial charge in [-0.3, -0.25) is 0 Å². The molecule has 0 aromatic heterocycles. The third-order valence-electron chi connectivity index (χ3n) is 2.92. The lowest BCUT2D eigenvalue weighted by atomic mass is 9.91. The van der Waals surface area contributed by atoms with Crippen LogP contribution >= 0.6 is 0 Å². The molecule has 0 spiro atoms. The molecular formula is C17H22O5. The summed E-state index contributed by atoms with van der Waals surface area (Å²) in [5.41, 5.74) is -0.785. The minimum Gasteiger partial charge on any atom is -0.478 e. The van der Waals surface area contributed by atoms with Crippen molar-refractivity contribution in [1.29, 1.82) is 0 Å². The van der Waals surface area contributed by atoms with Gasteiger partial charge in [0.1, 0.15) is 5.60 Å². The Morgan fingerprint density at radius 1 is 1.14 bits per heavy atom. The molecule has 1 aromatic carbocycles. The summed E-state index contributed by atoms with van der Waals surface area (Å²) in [6.45, 7) is 6.96. The highest BCUT2D eigenvalue weighted by Gasteiger charge is 2.23. The van der Waals surface area contributed by atoms with Crippen molar-refractivity contribution in [1.82, 2.24) is 0 Å². The molecule has 0 aliphatic heterocycles. The topological polar surface area (TPSA) is 83.8 Å². The number of carbonyl (C=O) groups excluding carboxylic acids is 1. The van der Waals surface area contributed by atoms with E-state index in [0.29, 0.717) is 11.1 Å². The van der Waals surface area contributed by atoms with E-state index in [1.807, 2.05) is 0 Å². The number of ether oxygens (including phenoxy) is 1. The molecule has 0 amide bonds. The smallest absolute Gasteiger partial charge is 0.338 e. The van der Waals surface area contributed by atoms with Gasteiger partial charge in [-0.25, -0.2) is 9.59 Å². The summed E-state index contributed by atoms with van der Waals surface area (Å²) in [6.07, 6.45) is 2.54. The number of aliphatic hydroxyl groups is 1. The summed E-state index contributed by atoms with van der Waals surface area (Å²) in [5, 5.41) is 18.9. The van der Waals surface area contributed by atoms with Gasteiger partial charge in [0.05, 0.1) is 11.2 Å². The molecule has 5 nitrogen and oxygen atoms in total. The molecule has 1 aromatic rings. The van der Waals surface area contributed by atoms with Gasteiger partial charge in [0.25, 0.3) is 0 Å². The Labute approximate surface area is 130 Å². The first kappa shape index (κ1) is 17.9. The summed E-state index contributed by atoms with van der Waals surface area (Å²) in [4.78, 5) is 22.3. The molecule has 0 radical (unpaired) electrons. The molecular weight excluding hydrogens is 284 g/mol. The lowest BCUT2D eigenvalue weighted by Crippen LogP contribution is -2.24. The van der Waals surface area contributed by atoms with Gasteiger partial charge in [-0.2, -0.15) is 0 Å². The van der Waals surface area contributed by atoms with Gasteiger partial charge in [-0.15, -0.1) is 0 Å². The summed E-state index contributed by atoms with van der Waals surface area (Å²) in [5.74, 6) is -1.49. The molecule has 2 N–H and O–H groups in total. The van der Waals surface area contributed by atoms with Crippen LogP contribution in [0.25, 0.3) is 0 Å². The number of rotatable bonds is 5. The standard InChI is InChI=1S/C17H22O5/c1-16(2,3)22-15(20)12-7-9-13(10-8-12)17(4,21)11-5-6-14(18)19/h5-10,21H,11H2,1-4H3,(H,18,19). The van der Waals surface area contributed by atoms with E-state index in [1.165, 1.54) is 6.08 Å². The molecule has 5 heteroatoms. The highest BCUT2D eigenvalue weighted by molar-refractivity contribution is 5.89. The van der Waals surface area contributed by atoms with Gasteiger partial charge in [0.2, 0.25) is 0 Å². The Bertz CT molecular complexity index is 562. The second-order valence-electron chi connectivity index (χ2n) is 6.30. The second-order valence-corrected chi connectivity index (χ2v) is 6.30. The molecule has 120 valence electrons. The molecule has 0 saturated carbocycles. The van der Waals surface area contributed by atoms with Crippen LogP contribution in [0, 0.1) is 0 Å². The van der Waals surface area contributed by atoms with Gasteiger partial charge in [0.15, 0.2) is 0 Å². The fraction of sp³-hybridized carbons (Fsp3) is 0.412. The molecule has 22 heavy (non-hydrogen) atoms. The van der Waals surface area contributed by atoms with Crippen molar-refractivity contribution in [3.63, 3.8) is 0 Å². The quantitative estimate of drug-likeness (QED) is 0.645. The van der Waals surface area contributed by atoms with Crippen molar-refractivity contribution in [2.75, 3.05) is 0 Å². The van der Waals surface area contributed by atoms with Gasteiger partial charge in [0, 0.05) is 6.08 Å². The second kappa shape index (κ2) is 6.75. The average molecular weight is 306 g/mol. The fourth-order valence-electron chi connectivity index (χ4n) is 1.81. The number of aliphatic carboxylic acids is 1. The SMILES string of the molecule is CC(C)(C)OC(=O)c1ccc(C(C)(O)CC=CC(=O)O)cc1. The Balaban J connectivity index is 2.83. The third-order valence-corrected chi connectivity index (χ3v) is 2.92. The predicted molar refractivity (Wildman–Crippen MR) is 82.6 cm³/mol. The molecule has 1 atom stereocenters. The number of hydrogen-bond donors (Lipinski definition) is 2. The zero-order valence-corrected chi connectivity index (χ0v) is 13.3.